The van der Waals surface area contributed by atoms with Crippen LogP contribution in [-0.2, 0) is 38.1 Å². The van der Waals surface area contributed by atoms with Crippen molar-refractivity contribution in [3.05, 3.63) is 23.8 Å². The van der Waals surface area contributed by atoms with E-state index in [0.29, 0.717) is 5.56 Å². The average Bonchev–Trinajstić information content (AvgIpc) is 2.75. The van der Waals surface area contributed by atoms with E-state index in [2.05, 4.69) is 5.32 Å². The molecule has 0 aromatic heterocycles. The number of carbonyl (C=O) groups excluding carboxylic acids is 5. The maximum absolute atomic E-state index is 12.0. The maximum atomic E-state index is 12.0. The second-order valence-electron chi connectivity index (χ2n) is 7.76. The number of ether oxygens (including phenoxy) is 6. The molecule has 1 aromatic rings. The Morgan fingerprint density at radius 1 is 0.886 bits per heavy atom. The first-order valence-corrected chi connectivity index (χ1v) is 10.7. The van der Waals surface area contributed by atoms with Gasteiger partial charge < -0.3 is 33.7 Å². The van der Waals surface area contributed by atoms with Crippen molar-refractivity contribution in [1.29, 1.82) is 0 Å². The zero-order valence-corrected chi connectivity index (χ0v) is 20.3. The summed E-state index contributed by atoms with van der Waals surface area (Å²) in [6.07, 6.45) is -4.94. The highest BCUT2D eigenvalue weighted by Gasteiger charge is 2.52. The predicted octanol–water partition coefficient (Wildman–Crippen LogP) is 0.933. The Morgan fingerprint density at radius 3 is 2.03 bits per heavy atom. The summed E-state index contributed by atoms with van der Waals surface area (Å²) in [4.78, 5) is 58.9. The lowest BCUT2D eigenvalue weighted by atomic mass is 9.96. The van der Waals surface area contributed by atoms with Crippen LogP contribution in [0.4, 0.5) is 0 Å². The molecule has 1 heterocycles. The van der Waals surface area contributed by atoms with Crippen molar-refractivity contribution in [3.8, 4) is 11.5 Å². The third-order valence-electron chi connectivity index (χ3n) is 4.88. The second kappa shape index (κ2) is 12.2. The summed E-state index contributed by atoms with van der Waals surface area (Å²) in [5.74, 6) is -2.42. The third kappa shape index (κ3) is 7.67. The third-order valence-corrected chi connectivity index (χ3v) is 4.88. The molecule has 0 radical (unpaired) electrons. The fourth-order valence-electron chi connectivity index (χ4n) is 3.50. The van der Waals surface area contributed by atoms with Gasteiger partial charge in [0, 0.05) is 33.3 Å². The van der Waals surface area contributed by atoms with Gasteiger partial charge in [0.25, 0.3) is 0 Å². The molecule has 1 fully saturated rings. The van der Waals surface area contributed by atoms with Gasteiger partial charge in [0.05, 0.1) is 7.11 Å². The van der Waals surface area contributed by atoms with Crippen LogP contribution in [-0.4, -0.2) is 74.0 Å². The van der Waals surface area contributed by atoms with E-state index >= 15 is 0 Å². The van der Waals surface area contributed by atoms with Crippen LogP contribution in [0.3, 0.4) is 0 Å². The Hall–Kier alpha value is -3.67. The monoisotopic (exact) mass is 495 g/mol. The number of carbonyl (C=O) groups is 5. The summed E-state index contributed by atoms with van der Waals surface area (Å²) in [5.41, 5.74) is 0.373. The highest BCUT2D eigenvalue weighted by molar-refractivity contribution is 5.94. The molecule has 1 aliphatic heterocycles. The van der Waals surface area contributed by atoms with Crippen molar-refractivity contribution in [2.24, 2.45) is 0 Å². The van der Waals surface area contributed by atoms with Crippen LogP contribution in [0.15, 0.2) is 18.2 Å². The van der Waals surface area contributed by atoms with E-state index in [-0.39, 0.29) is 23.9 Å². The molecule has 1 N–H and O–H groups in total. The Kier molecular flexibility index (Phi) is 9.58. The fraction of sp³-hybridized carbons (Fsp3) is 0.522. The molecule has 0 spiro atoms. The first-order chi connectivity index (χ1) is 16.4. The number of amides is 1. The van der Waals surface area contributed by atoms with Crippen LogP contribution >= 0.6 is 0 Å². The zero-order valence-electron chi connectivity index (χ0n) is 20.3. The normalized spacial score (nSPS) is 23.4. The first-order valence-electron chi connectivity index (χ1n) is 10.7. The van der Waals surface area contributed by atoms with Crippen molar-refractivity contribution in [2.75, 3.05) is 13.7 Å². The number of nitrogens with one attached hydrogen (secondary N) is 1. The van der Waals surface area contributed by atoms with Crippen LogP contribution in [0.25, 0.3) is 0 Å². The topological polar surface area (TPSA) is 153 Å². The number of methoxy groups -OCH3 is 1. The van der Waals surface area contributed by atoms with Gasteiger partial charge in [-0.25, -0.2) is 0 Å². The molecule has 35 heavy (non-hydrogen) atoms. The first kappa shape index (κ1) is 27.6. The summed E-state index contributed by atoms with van der Waals surface area (Å²) >= 11 is 0. The molecule has 0 aliphatic carbocycles. The molecular weight excluding hydrogens is 466 g/mol. The molecule has 1 amide bonds. The maximum Gasteiger partial charge on any atom is 0.303 e. The molecule has 5 atom stereocenters. The Bertz CT molecular complexity index is 976. The Labute approximate surface area is 202 Å². The minimum atomic E-state index is -1.31. The average molecular weight is 495 g/mol. The number of ketones is 1. The molecule has 12 heteroatoms. The van der Waals surface area contributed by atoms with E-state index < -0.39 is 54.5 Å². The predicted molar refractivity (Wildman–Crippen MR) is 118 cm³/mol. The van der Waals surface area contributed by atoms with Gasteiger partial charge in [-0.15, -0.1) is 0 Å². The quantitative estimate of drug-likeness (QED) is 0.296. The number of hydrogen-bond acceptors (Lipinski definition) is 11. The van der Waals surface area contributed by atoms with Crippen LogP contribution in [0, 0.1) is 0 Å². The summed E-state index contributed by atoms with van der Waals surface area (Å²) in [6, 6.07) is 3.31. The minimum Gasteiger partial charge on any atom is -0.493 e. The van der Waals surface area contributed by atoms with Gasteiger partial charge in [0.1, 0.15) is 18.8 Å². The van der Waals surface area contributed by atoms with Gasteiger partial charge in [0.15, 0.2) is 29.5 Å². The summed E-state index contributed by atoms with van der Waals surface area (Å²) in [6.45, 7) is 5.73. The molecule has 0 saturated carbocycles. The lowest BCUT2D eigenvalue weighted by Gasteiger charge is -2.44. The number of rotatable bonds is 9. The number of benzene rings is 1. The lowest BCUT2D eigenvalue weighted by Crippen LogP contribution is -2.67. The highest BCUT2D eigenvalue weighted by atomic mass is 16.7. The van der Waals surface area contributed by atoms with Crippen molar-refractivity contribution in [3.63, 3.8) is 0 Å². The minimum absolute atomic E-state index is 0.150. The van der Waals surface area contributed by atoms with Gasteiger partial charge in [-0.2, -0.15) is 0 Å². The second-order valence-corrected chi connectivity index (χ2v) is 7.76. The molecule has 2 rings (SSSR count). The number of esters is 3. The van der Waals surface area contributed by atoms with Gasteiger partial charge in [-0.3, -0.25) is 24.0 Å². The van der Waals surface area contributed by atoms with Crippen molar-refractivity contribution in [2.45, 2.75) is 65.3 Å². The molecule has 12 nitrogen and oxygen atoms in total. The van der Waals surface area contributed by atoms with Crippen LogP contribution in [0.2, 0.25) is 0 Å². The van der Waals surface area contributed by atoms with Crippen molar-refractivity contribution < 1.29 is 52.4 Å². The Morgan fingerprint density at radius 2 is 1.51 bits per heavy atom. The summed E-state index contributed by atoms with van der Waals surface area (Å²) in [7, 11) is 1.38. The van der Waals surface area contributed by atoms with E-state index in [4.69, 9.17) is 28.4 Å². The fourth-order valence-corrected chi connectivity index (χ4v) is 3.50. The standard InChI is InChI=1S/C23H29NO11/c1-11(25)16-7-8-17(18(9-16)30-6)34-23-20(24-12(2)26)22(33-15(5)29)21(32-14(4)28)19(35-23)10-31-13(3)27/h7-9,19-23H,10H2,1-6H3,(H,24,26). The van der Waals surface area contributed by atoms with Crippen molar-refractivity contribution in [1.82, 2.24) is 5.32 Å². The van der Waals surface area contributed by atoms with Crippen LogP contribution < -0.4 is 14.8 Å². The molecule has 5 unspecified atom stereocenters. The van der Waals surface area contributed by atoms with Crippen LogP contribution in [0.1, 0.15) is 45.0 Å². The molecule has 1 aromatic carbocycles. The summed E-state index contributed by atoms with van der Waals surface area (Å²) < 4.78 is 33.1. The van der Waals surface area contributed by atoms with Gasteiger partial charge >= 0.3 is 17.9 Å². The molecular formula is C23H29NO11. The highest BCUT2D eigenvalue weighted by Crippen LogP contribution is 2.33. The largest absolute Gasteiger partial charge is 0.493 e. The van der Waals surface area contributed by atoms with E-state index in [9.17, 15) is 24.0 Å². The van der Waals surface area contributed by atoms with Gasteiger partial charge in [-0.05, 0) is 25.1 Å². The molecule has 1 aliphatic rings. The van der Waals surface area contributed by atoms with E-state index in [1.165, 1.54) is 46.1 Å². The van der Waals surface area contributed by atoms with E-state index in [1.54, 1.807) is 0 Å². The van der Waals surface area contributed by atoms with Gasteiger partial charge in [-0.1, -0.05) is 0 Å². The molecule has 0 bridgehead atoms. The van der Waals surface area contributed by atoms with E-state index in [0.717, 1.165) is 13.8 Å². The van der Waals surface area contributed by atoms with Crippen LogP contribution in [0.5, 0.6) is 11.5 Å². The lowest BCUT2D eigenvalue weighted by molar-refractivity contribution is -0.257. The van der Waals surface area contributed by atoms with Gasteiger partial charge in [0.2, 0.25) is 12.2 Å². The number of Topliss-reactive ketones (excluding diaryl/α,β-unsaturated/α-hetero) is 1. The zero-order chi connectivity index (χ0) is 26.3. The smallest absolute Gasteiger partial charge is 0.303 e. The van der Waals surface area contributed by atoms with E-state index in [1.807, 2.05) is 0 Å². The molecule has 1 saturated heterocycles. The number of hydrogen-bond donors (Lipinski definition) is 1. The van der Waals surface area contributed by atoms with Crippen molar-refractivity contribution >= 4 is 29.6 Å². The molecule has 192 valence electrons. The SMILES string of the molecule is COc1cc(C(C)=O)ccc1OC1OC(COC(C)=O)C(OC(C)=O)C(OC(C)=O)C1NC(C)=O. The summed E-state index contributed by atoms with van der Waals surface area (Å²) in [5, 5.41) is 2.60. The Balaban J connectivity index is 2.52.